The van der Waals surface area contributed by atoms with Gasteiger partial charge in [-0.15, -0.1) is 11.8 Å². The molecule has 1 unspecified atom stereocenters. The summed E-state index contributed by atoms with van der Waals surface area (Å²) in [5, 5.41) is 0. The van der Waals surface area contributed by atoms with Gasteiger partial charge in [0.2, 0.25) is 0 Å². The molecule has 1 aromatic rings. The third-order valence-corrected chi connectivity index (χ3v) is 5.66. The minimum absolute atomic E-state index is 0.712. The lowest BCUT2D eigenvalue weighted by atomic mass is 10.1. The van der Waals surface area contributed by atoms with Crippen molar-refractivity contribution in [3.63, 3.8) is 0 Å². The van der Waals surface area contributed by atoms with Gasteiger partial charge >= 0.3 is 0 Å². The number of rotatable bonds is 3. The molecule has 2 rings (SSSR count). The van der Waals surface area contributed by atoms with Gasteiger partial charge in [-0.25, -0.2) is 0 Å². The van der Waals surface area contributed by atoms with Crippen molar-refractivity contribution < 1.29 is 4.21 Å². The summed E-state index contributed by atoms with van der Waals surface area (Å²) >= 11 is 1.77. The van der Waals surface area contributed by atoms with Gasteiger partial charge in [-0.2, -0.15) is 0 Å². The monoisotopic (exact) mass is 252 g/mol. The number of hydrogen-bond donors (Lipinski definition) is 0. The fourth-order valence-electron chi connectivity index (χ4n) is 1.68. The minimum atomic E-state index is -0.712. The lowest BCUT2D eigenvalue weighted by Gasteiger charge is -2.12. The summed E-state index contributed by atoms with van der Waals surface area (Å²) < 4.78 is 12.8. The van der Waals surface area contributed by atoms with Gasteiger partial charge in [0, 0.05) is 5.75 Å². The van der Waals surface area contributed by atoms with E-state index >= 15 is 0 Å². The van der Waals surface area contributed by atoms with Crippen LogP contribution in [0.25, 0.3) is 0 Å². The van der Waals surface area contributed by atoms with E-state index in [0.717, 1.165) is 35.0 Å². The molecule has 1 aliphatic heterocycles. The Morgan fingerprint density at radius 2 is 2.12 bits per heavy atom. The highest BCUT2D eigenvalue weighted by atomic mass is 32.2. The predicted octanol–water partition coefficient (Wildman–Crippen LogP) is 3.35. The van der Waals surface area contributed by atoms with Crippen molar-refractivity contribution in [3.05, 3.63) is 46.2 Å². The van der Waals surface area contributed by atoms with Gasteiger partial charge in [0.1, 0.15) is 0 Å². The van der Waals surface area contributed by atoms with Crippen LogP contribution >= 0.6 is 11.8 Å². The zero-order chi connectivity index (χ0) is 11.2. The minimum Gasteiger partial charge on any atom is -0.254 e. The lowest BCUT2D eigenvalue weighted by molar-refractivity contribution is 0.686. The first-order valence-electron chi connectivity index (χ1n) is 5.61. The highest BCUT2D eigenvalue weighted by molar-refractivity contribution is 8.17. The van der Waals surface area contributed by atoms with Crippen LogP contribution in [0.2, 0.25) is 0 Å². The summed E-state index contributed by atoms with van der Waals surface area (Å²) in [5.41, 5.74) is 1.35. The fraction of sp³-hybridized carbons (Fsp3) is 0.385. The second-order valence-electron chi connectivity index (χ2n) is 3.80. The quantitative estimate of drug-likeness (QED) is 0.820. The van der Waals surface area contributed by atoms with Gasteiger partial charge in [0.25, 0.3) is 0 Å². The molecule has 0 radical (unpaired) electrons. The molecule has 1 nitrogen and oxygen atoms in total. The standard InChI is InChI=1S/C13H16OS2/c14-16-11-5-10-15-13(16)9-4-8-12-6-2-1-3-7-12/h1-3,6-7,9H,4-5,8,10-11H2/b13-9+. The van der Waals surface area contributed by atoms with Crippen molar-refractivity contribution in [2.75, 3.05) is 11.5 Å². The molecule has 0 saturated carbocycles. The molecule has 86 valence electrons. The van der Waals surface area contributed by atoms with E-state index in [4.69, 9.17) is 0 Å². The Bertz CT molecular complexity index is 384. The fourth-order valence-corrected chi connectivity index (χ4v) is 4.53. The summed E-state index contributed by atoms with van der Waals surface area (Å²) in [6.07, 6.45) is 5.29. The van der Waals surface area contributed by atoms with Crippen molar-refractivity contribution in [2.24, 2.45) is 0 Å². The van der Waals surface area contributed by atoms with Crippen molar-refractivity contribution in [2.45, 2.75) is 19.3 Å². The molecule has 1 aromatic carbocycles. The Morgan fingerprint density at radius 3 is 2.88 bits per heavy atom. The molecule has 16 heavy (non-hydrogen) atoms. The average Bonchev–Trinajstić information content (AvgIpc) is 2.33. The van der Waals surface area contributed by atoms with E-state index < -0.39 is 10.8 Å². The zero-order valence-electron chi connectivity index (χ0n) is 9.22. The van der Waals surface area contributed by atoms with Crippen LogP contribution in [-0.4, -0.2) is 15.7 Å². The van der Waals surface area contributed by atoms with Crippen molar-refractivity contribution >= 4 is 22.6 Å². The van der Waals surface area contributed by atoms with Crippen LogP contribution in [0.4, 0.5) is 0 Å². The summed E-state index contributed by atoms with van der Waals surface area (Å²) in [4.78, 5) is 0. The van der Waals surface area contributed by atoms with E-state index in [9.17, 15) is 4.21 Å². The van der Waals surface area contributed by atoms with E-state index in [1.807, 2.05) is 6.07 Å². The van der Waals surface area contributed by atoms with Gasteiger partial charge in [-0.1, -0.05) is 36.4 Å². The Labute approximate surface area is 104 Å². The molecular formula is C13H16OS2. The molecular weight excluding hydrogens is 236 g/mol. The molecule has 1 saturated heterocycles. The highest BCUT2D eigenvalue weighted by Crippen LogP contribution is 2.26. The first-order valence-corrected chi connectivity index (χ1v) is 7.92. The van der Waals surface area contributed by atoms with E-state index in [2.05, 4.69) is 30.3 Å². The van der Waals surface area contributed by atoms with Crippen LogP contribution < -0.4 is 0 Å². The van der Waals surface area contributed by atoms with Crippen molar-refractivity contribution in [1.82, 2.24) is 0 Å². The number of benzene rings is 1. The van der Waals surface area contributed by atoms with E-state index in [1.165, 1.54) is 5.56 Å². The second kappa shape index (κ2) is 6.26. The molecule has 1 fully saturated rings. The maximum Gasteiger partial charge on any atom is 0.0676 e. The molecule has 0 spiro atoms. The van der Waals surface area contributed by atoms with Crippen LogP contribution in [0.15, 0.2) is 40.6 Å². The first-order chi connectivity index (χ1) is 7.86. The number of allylic oxidation sites excluding steroid dienone is 1. The molecule has 0 aliphatic carbocycles. The summed E-state index contributed by atoms with van der Waals surface area (Å²) in [7, 11) is -0.712. The van der Waals surface area contributed by atoms with Crippen LogP contribution in [0.5, 0.6) is 0 Å². The third kappa shape index (κ3) is 3.49. The van der Waals surface area contributed by atoms with Crippen molar-refractivity contribution in [3.8, 4) is 0 Å². The Morgan fingerprint density at radius 1 is 1.31 bits per heavy atom. The van der Waals surface area contributed by atoms with Gasteiger partial charge in [-0.05, 0) is 30.6 Å². The lowest BCUT2D eigenvalue weighted by Crippen LogP contribution is -2.06. The van der Waals surface area contributed by atoms with E-state index in [1.54, 1.807) is 11.8 Å². The first kappa shape index (κ1) is 11.9. The Balaban J connectivity index is 1.87. The smallest absolute Gasteiger partial charge is 0.0676 e. The third-order valence-electron chi connectivity index (χ3n) is 2.53. The molecule has 0 N–H and O–H groups in total. The molecule has 0 bridgehead atoms. The summed E-state index contributed by atoms with van der Waals surface area (Å²) in [6, 6.07) is 10.5. The highest BCUT2D eigenvalue weighted by Gasteiger charge is 2.13. The molecule has 0 amide bonds. The van der Waals surface area contributed by atoms with Gasteiger partial charge < -0.3 is 0 Å². The normalized spacial score (nSPS) is 23.5. The molecule has 1 heterocycles. The van der Waals surface area contributed by atoms with E-state index in [-0.39, 0.29) is 0 Å². The summed E-state index contributed by atoms with van der Waals surface area (Å²) in [5.74, 6) is 1.98. The average molecular weight is 252 g/mol. The van der Waals surface area contributed by atoms with Crippen LogP contribution in [0.3, 0.4) is 0 Å². The summed E-state index contributed by atoms with van der Waals surface area (Å²) in [6.45, 7) is 0. The van der Waals surface area contributed by atoms with Gasteiger partial charge in [-0.3, -0.25) is 4.21 Å². The second-order valence-corrected chi connectivity index (χ2v) is 6.73. The van der Waals surface area contributed by atoms with Gasteiger partial charge in [0.15, 0.2) is 0 Å². The molecule has 1 atom stereocenters. The Hall–Kier alpha value is -0.540. The topological polar surface area (TPSA) is 17.1 Å². The van der Waals surface area contributed by atoms with Crippen LogP contribution in [0, 0.1) is 0 Å². The molecule has 0 aromatic heterocycles. The van der Waals surface area contributed by atoms with Crippen LogP contribution in [0.1, 0.15) is 18.4 Å². The Kier molecular flexibility index (Phi) is 4.67. The largest absolute Gasteiger partial charge is 0.254 e. The SMILES string of the molecule is O=S1CCCS/C1=C\CCc1ccccc1. The maximum absolute atomic E-state index is 11.7. The van der Waals surface area contributed by atoms with Crippen molar-refractivity contribution in [1.29, 1.82) is 0 Å². The number of aryl methyl sites for hydroxylation is 1. The predicted molar refractivity (Wildman–Crippen MR) is 72.9 cm³/mol. The van der Waals surface area contributed by atoms with E-state index in [0.29, 0.717) is 0 Å². The number of hydrogen-bond acceptors (Lipinski definition) is 2. The van der Waals surface area contributed by atoms with Gasteiger partial charge in [0.05, 0.1) is 15.0 Å². The maximum atomic E-state index is 11.7. The zero-order valence-corrected chi connectivity index (χ0v) is 10.9. The molecule has 3 heteroatoms. The molecule has 1 aliphatic rings. The van der Waals surface area contributed by atoms with Crippen LogP contribution in [-0.2, 0) is 17.2 Å². The number of thioether (sulfide) groups is 1.